The monoisotopic (exact) mass is 354 g/mol. The molecule has 1 saturated heterocycles. The largest absolute Gasteiger partial charge is 0.462 e. The number of hydrogen-bond donors (Lipinski definition) is 1. The molecule has 136 valence electrons. The number of aromatic nitrogens is 1. The van der Waals surface area contributed by atoms with Gasteiger partial charge in [-0.3, -0.25) is 4.79 Å². The van der Waals surface area contributed by atoms with Crippen molar-refractivity contribution < 1.29 is 14.3 Å². The third-order valence-electron chi connectivity index (χ3n) is 6.07. The quantitative estimate of drug-likeness (QED) is 0.808. The number of pyridine rings is 1. The average Bonchev–Trinajstić information content (AvgIpc) is 3.30. The van der Waals surface area contributed by atoms with E-state index in [1.165, 1.54) is 6.20 Å². The van der Waals surface area contributed by atoms with Crippen molar-refractivity contribution in [3.8, 4) is 6.07 Å². The predicted molar refractivity (Wildman–Crippen MR) is 93.3 cm³/mol. The highest BCUT2D eigenvalue weighted by molar-refractivity contribution is 5.91. The summed E-state index contributed by atoms with van der Waals surface area (Å²) in [6.45, 7) is 3.41. The van der Waals surface area contributed by atoms with E-state index in [0.717, 1.165) is 31.5 Å². The molecule has 2 heterocycles. The van der Waals surface area contributed by atoms with E-state index < -0.39 is 5.41 Å². The Balaban J connectivity index is 1.30. The van der Waals surface area contributed by atoms with Gasteiger partial charge < -0.3 is 15.0 Å². The Labute approximate surface area is 152 Å². The molecule has 26 heavy (non-hydrogen) atoms. The first-order valence-corrected chi connectivity index (χ1v) is 9.14. The Morgan fingerprint density at radius 2 is 2.19 bits per heavy atom. The number of nitriles is 1. The van der Waals surface area contributed by atoms with E-state index in [4.69, 9.17) is 4.74 Å². The molecule has 3 fully saturated rings. The Hall–Kier alpha value is -2.62. The van der Waals surface area contributed by atoms with Crippen molar-refractivity contribution >= 4 is 17.7 Å². The van der Waals surface area contributed by atoms with Crippen LogP contribution >= 0.6 is 0 Å². The average molecular weight is 354 g/mol. The molecule has 4 rings (SSSR count). The third-order valence-corrected chi connectivity index (χ3v) is 6.07. The van der Waals surface area contributed by atoms with Crippen LogP contribution in [0.25, 0.3) is 0 Å². The summed E-state index contributed by atoms with van der Waals surface area (Å²) >= 11 is 0. The van der Waals surface area contributed by atoms with Gasteiger partial charge in [0.25, 0.3) is 0 Å². The van der Waals surface area contributed by atoms with Gasteiger partial charge in [-0.05, 0) is 38.3 Å². The lowest BCUT2D eigenvalue weighted by Crippen LogP contribution is -2.61. The second kappa shape index (κ2) is 5.97. The van der Waals surface area contributed by atoms with E-state index >= 15 is 0 Å². The highest BCUT2D eigenvalue weighted by Gasteiger charge is 2.74. The second-order valence-corrected chi connectivity index (χ2v) is 7.53. The summed E-state index contributed by atoms with van der Waals surface area (Å²) in [6.07, 6.45) is 5.36. The van der Waals surface area contributed by atoms with Gasteiger partial charge in [0.15, 0.2) is 0 Å². The predicted octanol–water partition coefficient (Wildman–Crippen LogP) is 1.65. The van der Waals surface area contributed by atoms with Crippen LogP contribution in [0.4, 0.5) is 5.82 Å². The molecular formula is C19H22N4O3. The number of carbonyl (C=O) groups is 2. The first-order chi connectivity index (χ1) is 12.5. The molecule has 1 aromatic heterocycles. The molecular weight excluding hydrogens is 332 g/mol. The lowest BCUT2D eigenvalue weighted by molar-refractivity contribution is -0.127. The summed E-state index contributed by atoms with van der Waals surface area (Å²) in [5, 5.41) is 12.5. The molecule has 7 heteroatoms. The molecule has 0 bridgehead atoms. The summed E-state index contributed by atoms with van der Waals surface area (Å²) in [4.78, 5) is 30.6. The molecule has 1 atom stereocenters. The lowest BCUT2D eigenvalue weighted by Gasteiger charge is -2.41. The number of ether oxygens (including phenoxy) is 1. The van der Waals surface area contributed by atoms with Crippen LogP contribution in [0.5, 0.6) is 0 Å². The van der Waals surface area contributed by atoms with Gasteiger partial charge in [-0.15, -0.1) is 0 Å². The van der Waals surface area contributed by atoms with E-state index in [2.05, 4.69) is 16.4 Å². The van der Waals surface area contributed by atoms with Gasteiger partial charge in [0.2, 0.25) is 5.91 Å². The standard InChI is InChI=1S/C19H22N4O3/c1-2-26-16(24)13-4-5-15(21-8-13)23-9-14(10-23)22-17(25)19(12-20)11-18(19)6-3-7-18/h4-5,8,14H,2-3,6-7,9-11H2,1H3,(H,22,25). The molecule has 1 unspecified atom stereocenters. The van der Waals surface area contributed by atoms with Crippen LogP contribution in [-0.2, 0) is 9.53 Å². The Kier molecular flexibility index (Phi) is 3.87. The van der Waals surface area contributed by atoms with Gasteiger partial charge in [0.1, 0.15) is 11.2 Å². The van der Waals surface area contributed by atoms with E-state index in [-0.39, 0.29) is 23.3 Å². The Morgan fingerprint density at radius 1 is 1.42 bits per heavy atom. The molecule has 1 N–H and O–H groups in total. The molecule has 1 aliphatic heterocycles. The number of nitrogens with zero attached hydrogens (tertiary/aromatic N) is 3. The molecule has 7 nitrogen and oxygen atoms in total. The van der Waals surface area contributed by atoms with Gasteiger partial charge in [-0.25, -0.2) is 9.78 Å². The molecule has 0 aromatic carbocycles. The smallest absolute Gasteiger partial charge is 0.339 e. The summed E-state index contributed by atoms with van der Waals surface area (Å²) in [7, 11) is 0. The SMILES string of the molecule is CCOC(=O)c1ccc(N2CC(NC(=O)C3(C#N)CC34CCC4)C2)nc1. The Morgan fingerprint density at radius 3 is 2.69 bits per heavy atom. The zero-order chi connectivity index (χ0) is 18.4. The van der Waals surface area contributed by atoms with Gasteiger partial charge in [0.05, 0.1) is 24.3 Å². The minimum atomic E-state index is -0.787. The fourth-order valence-electron chi connectivity index (χ4n) is 4.17. The molecule has 1 aromatic rings. The maximum absolute atomic E-state index is 12.6. The highest BCUT2D eigenvalue weighted by Crippen LogP contribution is 2.73. The van der Waals surface area contributed by atoms with Crippen LogP contribution in [-0.4, -0.2) is 42.6 Å². The minimum absolute atomic E-state index is 0.0280. The van der Waals surface area contributed by atoms with Crippen LogP contribution in [0.2, 0.25) is 0 Å². The number of rotatable bonds is 5. The van der Waals surface area contributed by atoms with Crippen molar-refractivity contribution in [1.82, 2.24) is 10.3 Å². The fourth-order valence-corrected chi connectivity index (χ4v) is 4.17. The zero-order valence-electron chi connectivity index (χ0n) is 14.8. The number of anilines is 1. The third kappa shape index (κ3) is 2.44. The summed E-state index contributed by atoms with van der Waals surface area (Å²) < 4.78 is 4.94. The van der Waals surface area contributed by atoms with Crippen molar-refractivity contribution in [3.05, 3.63) is 23.9 Å². The minimum Gasteiger partial charge on any atom is -0.462 e. The topological polar surface area (TPSA) is 95.3 Å². The number of amides is 1. The summed E-state index contributed by atoms with van der Waals surface area (Å²) in [6, 6.07) is 5.80. The normalized spacial score (nSPS) is 25.6. The van der Waals surface area contributed by atoms with Crippen molar-refractivity contribution in [2.24, 2.45) is 10.8 Å². The Bertz CT molecular complexity index is 775. The van der Waals surface area contributed by atoms with E-state index in [0.29, 0.717) is 25.3 Å². The first-order valence-electron chi connectivity index (χ1n) is 9.14. The summed E-state index contributed by atoms with van der Waals surface area (Å²) in [5.41, 5.74) is -0.387. The van der Waals surface area contributed by atoms with Gasteiger partial charge in [-0.1, -0.05) is 6.42 Å². The number of esters is 1. The van der Waals surface area contributed by atoms with E-state index in [9.17, 15) is 14.9 Å². The maximum atomic E-state index is 12.6. The fraction of sp³-hybridized carbons (Fsp3) is 0.579. The van der Waals surface area contributed by atoms with Gasteiger partial charge in [-0.2, -0.15) is 5.26 Å². The van der Waals surface area contributed by atoms with Crippen LogP contribution in [0.15, 0.2) is 18.3 Å². The van der Waals surface area contributed by atoms with Gasteiger partial charge >= 0.3 is 5.97 Å². The number of carbonyl (C=O) groups excluding carboxylic acids is 2. The second-order valence-electron chi connectivity index (χ2n) is 7.53. The summed E-state index contributed by atoms with van der Waals surface area (Å²) in [5.74, 6) is 0.284. The lowest BCUT2D eigenvalue weighted by atomic mass is 9.75. The molecule has 2 aliphatic carbocycles. The van der Waals surface area contributed by atoms with Crippen molar-refractivity contribution in [2.45, 2.75) is 38.6 Å². The molecule has 3 aliphatic rings. The molecule has 2 saturated carbocycles. The number of nitrogens with one attached hydrogen (secondary N) is 1. The van der Waals surface area contributed by atoms with Crippen LogP contribution < -0.4 is 10.2 Å². The zero-order valence-corrected chi connectivity index (χ0v) is 14.8. The van der Waals surface area contributed by atoms with Crippen molar-refractivity contribution in [2.75, 3.05) is 24.6 Å². The highest BCUT2D eigenvalue weighted by atomic mass is 16.5. The molecule has 1 spiro atoms. The van der Waals surface area contributed by atoms with Crippen LogP contribution in [0.1, 0.15) is 43.0 Å². The van der Waals surface area contributed by atoms with Crippen LogP contribution in [0, 0.1) is 22.2 Å². The van der Waals surface area contributed by atoms with Crippen molar-refractivity contribution in [3.63, 3.8) is 0 Å². The molecule has 1 amide bonds. The van der Waals surface area contributed by atoms with E-state index in [1.54, 1.807) is 19.1 Å². The van der Waals surface area contributed by atoms with E-state index in [1.807, 2.05) is 4.90 Å². The van der Waals surface area contributed by atoms with Crippen molar-refractivity contribution in [1.29, 1.82) is 5.26 Å². The first kappa shape index (κ1) is 16.8. The van der Waals surface area contributed by atoms with Crippen LogP contribution in [0.3, 0.4) is 0 Å². The van der Waals surface area contributed by atoms with Gasteiger partial charge in [0, 0.05) is 24.7 Å². The number of hydrogen-bond acceptors (Lipinski definition) is 6. The maximum Gasteiger partial charge on any atom is 0.339 e. The molecule has 0 radical (unpaired) electrons.